The number of aromatic nitrogens is 1. The molecule has 1 aromatic heterocycles. The van der Waals surface area contributed by atoms with Gasteiger partial charge in [0.1, 0.15) is 0 Å². The second-order valence-electron chi connectivity index (χ2n) is 4.71. The Hall–Kier alpha value is -0.410. The molecular weight excluding hydrogens is 204 g/mol. The number of hydrogen-bond acceptors (Lipinski definition) is 3. The summed E-state index contributed by atoms with van der Waals surface area (Å²) in [5.41, 5.74) is 0. The van der Waals surface area contributed by atoms with Gasteiger partial charge in [0.15, 0.2) is 0 Å². The van der Waals surface area contributed by atoms with Gasteiger partial charge < -0.3 is 4.90 Å². The lowest BCUT2D eigenvalue weighted by Gasteiger charge is -2.33. The van der Waals surface area contributed by atoms with E-state index in [0.717, 1.165) is 5.92 Å². The smallest absolute Gasteiger partial charge is 0.0959 e. The van der Waals surface area contributed by atoms with Crippen LogP contribution in [-0.4, -0.2) is 29.0 Å². The molecule has 0 atom stereocenters. The van der Waals surface area contributed by atoms with Crippen LogP contribution >= 0.6 is 11.3 Å². The van der Waals surface area contributed by atoms with Gasteiger partial charge in [0.05, 0.1) is 5.01 Å². The van der Waals surface area contributed by atoms with Gasteiger partial charge in [-0.25, -0.2) is 4.98 Å². The molecule has 1 aliphatic heterocycles. The van der Waals surface area contributed by atoms with Gasteiger partial charge in [-0.1, -0.05) is 0 Å². The number of nitrogens with zero attached hydrogens (tertiary/aromatic N) is 2. The fraction of sp³-hybridized carbons (Fsp3) is 0.750. The Labute approximate surface area is 96.3 Å². The molecule has 84 valence electrons. The van der Waals surface area contributed by atoms with Crippen molar-refractivity contribution in [2.45, 2.75) is 45.6 Å². The number of aryl methyl sites for hydroxylation is 1. The molecule has 0 N–H and O–H groups in total. The average Bonchev–Trinajstić information content (AvgIpc) is 2.65. The fourth-order valence-electron chi connectivity index (χ4n) is 2.22. The minimum atomic E-state index is 0.698. The van der Waals surface area contributed by atoms with Crippen molar-refractivity contribution in [3.8, 4) is 0 Å². The summed E-state index contributed by atoms with van der Waals surface area (Å²) in [7, 11) is 0. The molecule has 15 heavy (non-hydrogen) atoms. The molecule has 2 heterocycles. The van der Waals surface area contributed by atoms with E-state index >= 15 is 0 Å². The minimum absolute atomic E-state index is 0.698. The van der Waals surface area contributed by atoms with Crippen LogP contribution in [0.1, 0.15) is 42.5 Å². The Kier molecular flexibility index (Phi) is 3.42. The van der Waals surface area contributed by atoms with Gasteiger partial charge in [-0.15, -0.1) is 11.3 Å². The van der Waals surface area contributed by atoms with Crippen molar-refractivity contribution in [2.24, 2.45) is 0 Å². The first kappa shape index (κ1) is 11.1. The van der Waals surface area contributed by atoms with Crippen molar-refractivity contribution < 1.29 is 0 Å². The van der Waals surface area contributed by atoms with Crippen LogP contribution in [-0.2, 0) is 0 Å². The number of likely N-dealkylation sites (tertiary alicyclic amines) is 1. The molecule has 0 unspecified atom stereocenters. The first-order valence-electron chi connectivity index (χ1n) is 5.83. The van der Waals surface area contributed by atoms with Crippen molar-refractivity contribution in [1.82, 2.24) is 9.88 Å². The molecule has 1 aliphatic rings. The largest absolute Gasteiger partial charge is 0.301 e. The highest BCUT2D eigenvalue weighted by atomic mass is 32.1. The zero-order valence-corrected chi connectivity index (χ0v) is 10.7. The number of thiazole rings is 1. The number of piperidine rings is 1. The van der Waals surface area contributed by atoms with Gasteiger partial charge in [-0.2, -0.15) is 0 Å². The van der Waals surface area contributed by atoms with Crippen LogP contribution < -0.4 is 0 Å². The van der Waals surface area contributed by atoms with E-state index in [9.17, 15) is 0 Å². The summed E-state index contributed by atoms with van der Waals surface area (Å²) in [6.45, 7) is 9.19. The first-order chi connectivity index (χ1) is 7.16. The van der Waals surface area contributed by atoms with E-state index in [2.05, 4.69) is 30.7 Å². The molecule has 2 nitrogen and oxygen atoms in total. The molecule has 0 bridgehead atoms. The SMILES string of the molecule is Cc1cnc(C2CCN(C(C)C)CC2)s1. The molecule has 0 saturated carbocycles. The number of rotatable bonds is 2. The van der Waals surface area contributed by atoms with Crippen molar-refractivity contribution >= 4 is 11.3 Å². The summed E-state index contributed by atoms with van der Waals surface area (Å²) < 4.78 is 0. The van der Waals surface area contributed by atoms with Crippen molar-refractivity contribution in [3.05, 3.63) is 16.1 Å². The molecule has 0 aliphatic carbocycles. The predicted molar refractivity (Wildman–Crippen MR) is 65.5 cm³/mol. The van der Waals surface area contributed by atoms with Crippen LogP contribution in [0.25, 0.3) is 0 Å². The lowest BCUT2D eigenvalue weighted by atomic mass is 9.97. The van der Waals surface area contributed by atoms with Crippen LogP contribution in [0.4, 0.5) is 0 Å². The molecule has 0 amide bonds. The monoisotopic (exact) mass is 224 g/mol. The normalized spacial score (nSPS) is 20.0. The van der Waals surface area contributed by atoms with Gasteiger partial charge in [0.25, 0.3) is 0 Å². The molecule has 0 aromatic carbocycles. The van der Waals surface area contributed by atoms with Crippen molar-refractivity contribution in [1.29, 1.82) is 0 Å². The van der Waals surface area contributed by atoms with Crippen LogP contribution in [0.15, 0.2) is 6.20 Å². The summed E-state index contributed by atoms with van der Waals surface area (Å²) in [6, 6.07) is 0.698. The lowest BCUT2D eigenvalue weighted by Crippen LogP contribution is -2.37. The average molecular weight is 224 g/mol. The van der Waals surface area contributed by atoms with E-state index in [1.807, 2.05) is 17.5 Å². The highest BCUT2D eigenvalue weighted by Crippen LogP contribution is 2.31. The maximum Gasteiger partial charge on any atom is 0.0959 e. The lowest BCUT2D eigenvalue weighted by molar-refractivity contribution is 0.172. The van der Waals surface area contributed by atoms with Crippen LogP contribution in [0.2, 0.25) is 0 Å². The molecule has 3 heteroatoms. The third kappa shape index (κ3) is 2.58. The summed E-state index contributed by atoms with van der Waals surface area (Å²) in [4.78, 5) is 8.42. The highest BCUT2D eigenvalue weighted by Gasteiger charge is 2.23. The van der Waals surface area contributed by atoms with Crippen LogP contribution in [0.3, 0.4) is 0 Å². The predicted octanol–water partition coefficient (Wildman–Crippen LogP) is 3.04. The van der Waals surface area contributed by atoms with E-state index in [1.54, 1.807) is 0 Å². The zero-order chi connectivity index (χ0) is 10.8. The van der Waals surface area contributed by atoms with E-state index < -0.39 is 0 Å². The minimum Gasteiger partial charge on any atom is -0.301 e. The molecule has 2 rings (SSSR count). The Morgan fingerprint density at radius 2 is 2.07 bits per heavy atom. The van der Waals surface area contributed by atoms with Crippen molar-refractivity contribution in [3.63, 3.8) is 0 Å². The Bertz CT molecular complexity index is 311. The Balaban J connectivity index is 1.93. The van der Waals surface area contributed by atoms with Gasteiger partial charge in [-0.05, 0) is 46.7 Å². The van der Waals surface area contributed by atoms with E-state index in [4.69, 9.17) is 0 Å². The summed E-state index contributed by atoms with van der Waals surface area (Å²) in [6.07, 6.45) is 4.57. The maximum atomic E-state index is 4.51. The van der Waals surface area contributed by atoms with Gasteiger partial charge >= 0.3 is 0 Å². The van der Waals surface area contributed by atoms with Crippen molar-refractivity contribution in [2.75, 3.05) is 13.1 Å². The topological polar surface area (TPSA) is 16.1 Å². The molecule has 1 aromatic rings. The first-order valence-corrected chi connectivity index (χ1v) is 6.65. The molecule has 0 radical (unpaired) electrons. The summed E-state index contributed by atoms with van der Waals surface area (Å²) in [5.74, 6) is 0.721. The summed E-state index contributed by atoms with van der Waals surface area (Å²) >= 11 is 1.87. The third-order valence-corrected chi connectivity index (χ3v) is 4.32. The Morgan fingerprint density at radius 3 is 2.53 bits per heavy atom. The zero-order valence-electron chi connectivity index (χ0n) is 9.86. The standard InChI is InChI=1S/C12H20N2S/c1-9(2)14-6-4-11(5-7-14)12-13-8-10(3)15-12/h8-9,11H,4-7H2,1-3H3. The third-order valence-electron chi connectivity index (χ3n) is 3.25. The molecule has 0 spiro atoms. The number of hydrogen-bond donors (Lipinski definition) is 0. The second-order valence-corrected chi connectivity index (χ2v) is 5.98. The van der Waals surface area contributed by atoms with E-state index in [1.165, 1.54) is 35.8 Å². The highest BCUT2D eigenvalue weighted by molar-refractivity contribution is 7.11. The molecule has 1 saturated heterocycles. The van der Waals surface area contributed by atoms with Crippen LogP contribution in [0, 0.1) is 6.92 Å². The van der Waals surface area contributed by atoms with Gasteiger partial charge in [0.2, 0.25) is 0 Å². The van der Waals surface area contributed by atoms with Crippen LogP contribution in [0.5, 0.6) is 0 Å². The van der Waals surface area contributed by atoms with Gasteiger partial charge in [0, 0.05) is 23.0 Å². The fourth-order valence-corrected chi connectivity index (χ4v) is 3.17. The van der Waals surface area contributed by atoms with E-state index in [-0.39, 0.29) is 0 Å². The molecule has 1 fully saturated rings. The van der Waals surface area contributed by atoms with Gasteiger partial charge in [-0.3, -0.25) is 0 Å². The Morgan fingerprint density at radius 1 is 1.40 bits per heavy atom. The summed E-state index contributed by atoms with van der Waals surface area (Å²) in [5, 5.41) is 1.36. The maximum absolute atomic E-state index is 4.51. The second kappa shape index (κ2) is 4.62. The quantitative estimate of drug-likeness (QED) is 0.767. The molecular formula is C12H20N2S. The van der Waals surface area contributed by atoms with E-state index in [0.29, 0.717) is 6.04 Å².